The van der Waals surface area contributed by atoms with Gasteiger partial charge in [0, 0.05) is 19.5 Å². The average Bonchev–Trinajstić information content (AvgIpc) is 2.78. The molecule has 0 N–H and O–H groups in total. The molecule has 5 nitrogen and oxygen atoms in total. The van der Waals surface area contributed by atoms with E-state index in [9.17, 15) is 9.59 Å². The number of nitrogens with zero attached hydrogens (tertiary/aromatic N) is 1. The lowest BCUT2D eigenvalue weighted by Gasteiger charge is -2.27. The Kier molecular flexibility index (Phi) is 21.4. The molecule has 0 spiro atoms. The second kappa shape index (κ2) is 22.2. The molecule has 202 valence electrons. The van der Waals surface area contributed by atoms with Gasteiger partial charge >= 0.3 is 12.1 Å². The first kappa shape index (κ1) is 32.7. The smallest absolute Gasteiger partial charge is 0.410 e. The van der Waals surface area contributed by atoms with Gasteiger partial charge in [0.1, 0.15) is 5.60 Å². The Labute approximate surface area is 211 Å². The summed E-state index contributed by atoms with van der Waals surface area (Å²) in [7, 11) is 1.41. The molecule has 0 aliphatic carbocycles. The fourth-order valence-electron chi connectivity index (χ4n) is 4.15. The van der Waals surface area contributed by atoms with Crippen molar-refractivity contribution in [3.8, 4) is 0 Å². The summed E-state index contributed by atoms with van der Waals surface area (Å²) in [6.07, 6.45) is 23.1. The normalized spacial score (nSPS) is 11.4. The van der Waals surface area contributed by atoms with Crippen molar-refractivity contribution in [2.24, 2.45) is 0 Å². The number of carbonyl (C=O) groups excluding carboxylic acids is 2. The van der Waals surface area contributed by atoms with Gasteiger partial charge in [-0.05, 0) is 40.0 Å². The van der Waals surface area contributed by atoms with Crippen molar-refractivity contribution >= 4 is 12.1 Å². The van der Waals surface area contributed by atoms with Crippen LogP contribution in [-0.4, -0.2) is 42.8 Å². The van der Waals surface area contributed by atoms with E-state index in [0.29, 0.717) is 13.0 Å². The van der Waals surface area contributed by atoms with Gasteiger partial charge in [0.05, 0.1) is 7.11 Å². The summed E-state index contributed by atoms with van der Waals surface area (Å²) >= 11 is 0. The summed E-state index contributed by atoms with van der Waals surface area (Å²) in [5, 5.41) is 0. The minimum atomic E-state index is -0.490. The van der Waals surface area contributed by atoms with E-state index in [-0.39, 0.29) is 12.1 Å². The first-order chi connectivity index (χ1) is 16.3. The van der Waals surface area contributed by atoms with Crippen molar-refractivity contribution in [1.82, 2.24) is 4.90 Å². The van der Waals surface area contributed by atoms with Crippen molar-refractivity contribution in [3.05, 3.63) is 0 Å². The van der Waals surface area contributed by atoms with Crippen LogP contribution >= 0.6 is 0 Å². The average molecular weight is 484 g/mol. The molecule has 34 heavy (non-hydrogen) atoms. The number of rotatable bonds is 22. The van der Waals surface area contributed by atoms with Gasteiger partial charge in [0.2, 0.25) is 0 Å². The van der Waals surface area contributed by atoms with Gasteiger partial charge in [-0.1, -0.05) is 103 Å². The lowest BCUT2D eigenvalue weighted by molar-refractivity contribution is -0.140. The molecule has 0 aliphatic rings. The first-order valence-electron chi connectivity index (χ1n) is 14.3. The van der Waals surface area contributed by atoms with Crippen LogP contribution in [0.5, 0.6) is 0 Å². The zero-order valence-electron chi connectivity index (χ0n) is 23.4. The van der Waals surface area contributed by atoms with Crippen LogP contribution in [0.3, 0.4) is 0 Å². The van der Waals surface area contributed by atoms with Gasteiger partial charge in [-0.15, -0.1) is 0 Å². The Hall–Kier alpha value is -1.26. The van der Waals surface area contributed by atoms with E-state index in [1.807, 2.05) is 25.7 Å². The van der Waals surface area contributed by atoms with Gasteiger partial charge in [-0.2, -0.15) is 0 Å². The van der Waals surface area contributed by atoms with Crippen molar-refractivity contribution in [1.29, 1.82) is 0 Å². The number of methoxy groups -OCH3 is 1. The number of carbonyl (C=O) groups is 2. The predicted molar refractivity (Wildman–Crippen MR) is 143 cm³/mol. The van der Waals surface area contributed by atoms with E-state index in [0.717, 1.165) is 32.2 Å². The second-order valence-corrected chi connectivity index (χ2v) is 10.8. The molecule has 0 saturated heterocycles. The van der Waals surface area contributed by atoms with E-state index >= 15 is 0 Å². The van der Waals surface area contributed by atoms with Crippen molar-refractivity contribution in [2.75, 3.05) is 20.2 Å². The van der Waals surface area contributed by atoms with Gasteiger partial charge in [0.15, 0.2) is 0 Å². The third-order valence-corrected chi connectivity index (χ3v) is 6.22. The molecule has 5 heteroatoms. The molecular formula is C29H57NO4. The molecule has 0 unspecified atom stereocenters. The molecule has 0 aromatic rings. The fraction of sp³-hybridized carbons (Fsp3) is 0.931. The molecule has 0 aliphatic heterocycles. The third kappa shape index (κ3) is 22.5. The van der Waals surface area contributed by atoms with Gasteiger partial charge in [0.25, 0.3) is 0 Å². The lowest BCUT2D eigenvalue weighted by Crippen LogP contribution is -2.38. The van der Waals surface area contributed by atoms with Gasteiger partial charge in [-0.3, -0.25) is 4.79 Å². The largest absolute Gasteiger partial charge is 0.469 e. The highest BCUT2D eigenvalue weighted by Crippen LogP contribution is 2.15. The number of hydrogen-bond acceptors (Lipinski definition) is 4. The summed E-state index contributed by atoms with van der Waals surface area (Å²) in [6.45, 7) is 9.33. The highest BCUT2D eigenvalue weighted by atomic mass is 16.6. The van der Waals surface area contributed by atoms with Crippen LogP contribution in [0.25, 0.3) is 0 Å². The molecule has 1 amide bonds. The third-order valence-electron chi connectivity index (χ3n) is 6.22. The Bertz CT molecular complexity index is 487. The fourth-order valence-corrected chi connectivity index (χ4v) is 4.15. The van der Waals surface area contributed by atoms with Crippen LogP contribution in [0.2, 0.25) is 0 Å². The molecule has 0 heterocycles. The Morgan fingerprint density at radius 3 is 1.38 bits per heavy atom. The van der Waals surface area contributed by atoms with Crippen LogP contribution in [0.4, 0.5) is 4.79 Å². The second-order valence-electron chi connectivity index (χ2n) is 10.8. The Morgan fingerprint density at radius 1 is 0.618 bits per heavy atom. The maximum atomic E-state index is 12.5. The van der Waals surface area contributed by atoms with Gasteiger partial charge < -0.3 is 14.4 Å². The number of amides is 1. The summed E-state index contributed by atoms with van der Waals surface area (Å²) in [5.41, 5.74) is -0.490. The van der Waals surface area contributed by atoms with Crippen LogP contribution in [0.15, 0.2) is 0 Å². The number of ether oxygens (including phenoxy) is 2. The first-order valence-corrected chi connectivity index (χ1v) is 14.3. The molecule has 0 bridgehead atoms. The van der Waals surface area contributed by atoms with E-state index in [4.69, 9.17) is 9.47 Å². The SMILES string of the molecule is CCCCCCCCCCCCCCCCCCN(CCCCC(=O)OC)C(=O)OC(C)(C)C. The lowest BCUT2D eigenvalue weighted by atomic mass is 10.0. The summed E-state index contributed by atoms with van der Waals surface area (Å²) in [6, 6.07) is 0. The molecule has 0 aromatic carbocycles. The minimum Gasteiger partial charge on any atom is -0.469 e. The van der Waals surface area contributed by atoms with Gasteiger partial charge in [-0.25, -0.2) is 4.79 Å². The zero-order valence-corrected chi connectivity index (χ0v) is 23.4. The standard InChI is InChI=1S/C29H57NO4/c1-6-7-8-9-10-11-12-13-14-15-16-17-18-19-20-22-25-30(28(32)34-29(2,3)4)26-23-21-24-27(31)33-5/h6-26H2,1-5H3. The van der Waals surface area contributed by atoms with E-state index < -0.39 is 5.60 Å². The number of hydrogen-bond donors (Lipinski definition) is 0. The van der Waals surface area contributed by atoms with Crippen LogP contribution < -0.4 is 0 Å². The molecule has 0 atom stereocenters. The zero-order chi connectivity index (χ0) is 25.5. The molecule has 0 aromatic heterocycles. The van der Waals surface area contributed by atoms with Crippen molar-refractivity contribution in [2.45, 2.75) is 155 Å². The number of esters is 1. The van der Waals surface area contributed by atoms with E-state index in [2.05, 4.69) is 6.92 Å². The summed E-state index contributed by atoms with van der Waals surface area (Å²) in [5.74, 6) is -0.193. The highest BCUT2D eigenvalue weighted by Gasteiger charge is 2.21. The van der Waals surface area contributed by atoms with E-state index in [1.54, 1.807) is 0 Å². The molecule has 0 rings (SSSR count). The summed E-state index contributed by atoms with van der Waals surface area (Å²) < 4.78 is 10.3. The van der Waals surface area contributed by atoms with Crippen LogP contribution in [0, 0.1) is 0 Å². The molecule has 0 radical (unpaired) electrons. The monoisotopic (exact) mass is 483 g/mol. The van der Waals surface area contributed by atoms with Crippen LogP contribution in [0.1, 0.15) is 150 Å². The Balaban J connectivity index is 3.80. The number of unbranched alkanes of at least 4 members (excludes halogenated alkanes) is 16. The summed E-state index contributed by atoms with van der Waals surface area (Å²) in [4.78, 5) is 25.6. The molecule has 0 saturated carbocycles. The van der Waals surface area contributed by atoms with E-state index in [1.165, 1.54) is 97.0 Å². The minimum absolute atomic E-state index is 0.193. The predicted octanol–water partition coefficient (Wildman–Crippen LogP) is 8.83. The Morgan fingerprint density at radius 2 is 1.00 bits per heavy atom. The maximum Gasteiger partial charge on any atom is 0.410 e. The quantitative estimate of drug-likeness (QED) is 0.114. The highest BCUT2D eigenvalue weighted by molar-refractivity contribution is 5.69. The maximum absolute atomic E-state index is 12.5. The molecular weight excluding hydrogens is 426 g/mol. The van der Waals surface area contributed by atoms with Crippen molar-refractivity contribution in [3.63, 3.8) is 0 Å². The topological polar surface area (TPSA) is 55.8 Å². The van der Waals surface area contributed by atoms with Crippen LogP contribution in [-0.2, 0) is 14.3 Å². The van der Waals surface area contributed by atoms with Crippen molar-refractivity contribution < 1.29 is 19.1 Å². The molecule has 0 fully saturated rings.